The van der Waals surface area contributed by atoms with Crippen molar-refractivity contribution in [2.45, 2.75) is 25.2 Å². The number of anilines is 1. The van der Waals surface area contributed by atoms with Crippen molar-refractivity contribution in [2.24, 2.45) is 0 Å². The first-order valence-electron chi connectivity index (χ1n) is 8.66. The Kier molecular flexibility index (Phi) is 4.69. The molecule has 0 bridgehead atoms. The van der Waals surface area contributed by atoms with Crippen molar-refractivity contribution in [3.63, 3.8) is 0 Å². The average Bonchev–Trinajstić information content (AvgIpc) is 3.00. The maximum atomic E-state index is 9.02. The summed E-state index contributed by atoms with van der Waals surface area (Å²) >= 11 is 0. The standard InChI is InChI=1S/C19H20N4O3/c1-13-5-6-15(8-21-13)26-16-11-24-17-9-23(10-18(17)25-12-16)19-4-2-3-14(7-20)22-19/h2-6,8,16-18H,9-12H2,1H3/t17-,18-/m0/s1. The number of nitriles is 1. The van der Waals surface area contributed by atoms with Crippen molar-refractivity contribution in [3.8, 4) is 11.8 Å². The number of aryl methyl sites for hydroxylation is 1. The van der Waals surface area contributed by atoms with Crippen molar-refractivity contribution >= 4 is 5.82 Å². The first kappa shape index (κ1) is 16.8. The van der Waals surface area contributed by atoms with E-state index in [0.717, 1.165) is 17.3 Å². The Morgan fingerprint density at radius 3 is 2.58 bits per heavy atom. The first-order chi connectivity index (χ1) is 12.7. The van der Waals surface area contributed by atoms with Gasteiger partial charge in [0.2, 0.25) is 0 Å². The Morgan fingerprint density at radius 2 is 1.92 bits per heavy atom. The molecule has 0 unspecified atom stereocenters. The van der Waals surface area contributed by atoms with Crippen molar-refractivity contribution in [2.75, 3.05) is 31.2 Å². The zero-order valence-corrected chi connectivity index (χ0v) is 14.5. The third-order valence-corrected chi connectivity index (χ3v) is 4.57. The molecular weight excluding hydrogens is 332 g/mol. The van der Waals surface area contributed by atoms with Gasteiger partial charge in [-0.15, -0.1) is 0 Å². The summed E-state index contributed by atoms with van der Waals surface area (Å²) in [5, 5.41) is 9.02. The van der Waals surface area contributed by atoms with Gasteiger partial charge in [-0.25, -0.2) is 4.98 Å². The molecule has 4 heterocycles. The molecule has 7 heteroatoms. The summed E-state index contributed by atoms with van der Waals surface area (Å²) in [7, 11) is 0. The second-order valence-electron chi connectivity index (χ2n) is 6.52. The van der Waals surface area contributed by atoms with E-state index in [4.69, 9.17) is 19.5 Å². The Hall–Kier alpha value is -2.69. The van der Waals surface area contributed by atoms with Crippen molar-refractivity contribution in [3.05, 3.63) is 47.9 Å². The van der Waals surface area contributed by atoms with Gasteiger partial charge < -0.3 is 19.1 Å². The molecule has 4 rings (SSSR count). The Balaban J connectivity index is 1.36. The van der Waals surface area contributed by atoms with E-state index in [1.54, 1.807) is 12.3 Å². The molecular formula is C19H20N4O3. The third kappa shape index (κ3) is 3.62. The maximum Gasteiger partial charge on any atom is 0.145 e. The van der Waals surface area contributed by atoms with Crippen LogP contribution in [0.1, 0.15) is 11.4 Å². The second kappa shape index (κ2) is 7.28. The van der Waals surface area contributed by atoms with E-state index >= 15 is 0 Å². The molecule has 2 aliphatic heterocycles. The fourth-order valence-electron chi connectivity index (χ4n) is 3.21. The summed E-state index contributed by atoms with van der Waals surface area (Å²) in [6.45, 7) is 4.25. The van der Waals surface area contributed by atoms with E-state index in [1.165, 1.54) is 0 Å². The van der Waals surface area contributed by atoms with Crippen LogP contribution >= 0.6 is 0 Å². The third-order valence-electron chi connectivity index (χ3n) is 4.57. The smallest absolute Gasteiger partial charge is 0.145 e. The fraction of sp³-hybridized carbons (Fsp3) is 0.421. The predicted octanol–water partition coefficient (Wildman–Crippen LogP) is 1.71. The van der Waals surface area contributed by atoms with Gasteiger partial charge >= 0.3 is 0 Å². The predicted molar refractivity (Wildman–Crippen MR) is 94.0 cm³/mol. The second-order valence-corrected chi connectivity index (χ2v) is 6.52. The molecule has 26 heavy (non-hydrogen) atoms. The highest BCUT2D eigenvalue weighted by molar-refractivity contribution is 5.43. The molecule has 0 aliphatic carbocycles. The minimum absolute atomic E-state index is 0.0349. The zero-order valence-electron chi connectivity index (χ0n) is 14.5. The lowest BCUT2D eigenvalue weighted by Crippen LogP contribution is -2.29. The van der Waals surface area contributed by atoms with Gasteiger partial charge in [-0.05, 0) is 31.2 Å². The normalized spacial score (nSPS) is 23.2. The number of nitrogens with zero attached hydrogens (tertiary/aromatic N) is 4. The average molecular weight is 352 g/mol. The van der Waals surface area contributed by atoms with E-state index in [1.807, 2.05) is 31.2 Å². The van der Waals surface area contributed by atoms with Gasteiger partial charge in [-0.1, -0.05) is 6.07 Å². The summed E-state index contributed by atoms with van der Waals surface area (Å²) in [4.78, 5) is 10.7. The SMILES string of the molecule is Cc1ccc(OC2CO[C@H]3CN(c4cccc(C#N)n4)C[C@@H]3OC2)cn1. The highest BCUT2D eigenvalue weighted by atomic mass is 16.6. The topological polar surface area (TPSA) is 80.5 Å². The van der Waals surface area contributed by atoms with Crippen LogP contribution in [0.4, 0.5) is 5.82 Å². The van der Waals surface area contributed by atoms with Crippen molar-refractivity contribution in [1.82, 2.24) is 9.97 Å². The lowest BCUT2D eigenvalue weighted by Gasteiger charge is -2.20. The van der Waals surface area contributed by atoms with Crippen molar-refractivity contribution in [1.29, 1.82) is 5.26 Å². The van der Waals surface area contributed by atoms with E-state index in [-0.39, 0.29) is 18.3 Å². The number of aromatic nitrogens is 2. The van der Waals surface area contributed by atoms with E-state index in [0.29, 0.717) is 32.0 Å². The molecule has 0 aromatic carbocycles. The summed E-state index contributed by atoms with van der Waals surface area (Å²) < 4.78 is 18.0. The zero-order chi connectivity index (χ0) is 17.9. The lowest BCUT2D eigenvalue weighted by atomic mass is 10.3. The van der Waals surface area contributed by atoms with Gasteiger partial charge in [0, 0.05) is 18.8 Å². The Labute approximate surface area is 152 Å². The summed E-state index contributed by atoms with van der Waals surface area (Å²) in [5.74, 6) is 1.50. The van der Waals surface area contributed by atoms with Crippen LogP contribution in [0, 0.1) is 18.3 Å². The minimum Gasteiger partial charge on any atom is -0.484 e. The lowest BCUT2D eigenvalue weighted by molar-refractivity contribution is -0.00461. The molecule has 0 spiro atoms. The monoisotopic (exact) mass is 352 g/mol. The summed E-state index contributed by atoms with van der Waals surface area (Å²) in [6.07, 6.45) is 1.49. The number of fused-ring (bicyclic) bond motifs is 1. The van der Waals surface area contributed by atoms with Crippen LogP contribution in [-0.2, 0) is 9.47 Å². The molecule has 2 fully saturated rings. The van der Waals surface area contributed by atoms with Crippen LogP contribution in [0.15, 0.2) is 36.5 Å². The maximum absolute atomic E-state index is 9.02. The van der Waals surface area contributed by atoms with Crippen LogP contribution in [-0.4, -0.2) is 54.6 Å². The Morgan fingerprint density at radius 1 is 1.15 bits per heavy atom. The molecule has 2 aliphatic rings. The van der Waals surface area contributed by atoms with E-state index < -0.39 is 0 Å². The van der Waals surface area contributed by atoms with Crippen LogP contribution in [0.3, 0.4) is 0 Å². The van der Waals surface area contributed by atoms with Crippen LogP contribution < -0.4 is 9.64 Å². The fourth-order valence-corrected chi connectivity index (χ4v) is 3.21. The van der Waals surface area contributed by atoms with Gasteiger partial charge in [0.25, 0.3) is 0 Å². The first-order valence-corrected chi connectivity index (χ1v) is 8.66. The van der Waals surface area contributed by atoms with Gasteiger partial charge in [-0.2, -0.15) is 5.26 Å². The van der Waals surface area contributed by atoms with Gasteiger partial charge in [0.1, 0.15) is 41.6 Å². The number of hydrogen-bond donors (Lipinski definition) is 0. The molecule has 2 aromatic heterocycles. The molecule has 2 aromatic rings. The highest BCUT2D eigenvalue weighted by Crippen LogP contribution is 2.25. The highest BCUT2D eigenvalue weighted by Gasteiger charge is 2.38. The van der Waals surface area contributed by atoms with Crippen LogP contribution in [0.5, 0.6) is 5.75 Å². The molecule has 0 radical (unpaired) electrons. The quantitative estimate of drug-likeness (QED) is 0.832. The molecule has 134 valence electrons. The van der Waals surface area contributed by atoms with Gasteiger partial charge in [0.15, 0.2) is 0 Å². The van der Waals surface area contributed by atoms with Gasteiger partial charge in [-0.3, -0.25) is 4.98 Å². The van der Waals surface area contributed by atoms with Crippen LogP contribution in [0.25, 0.3) is 0 Å². The minimum atomic E-state index is -0.154. The van der Waals surface area contributed by atoms with Gasteiger partial charge in [0.05, 0.1) is 19.4 Å². The van der Waals surface area contributed by atoms with E-state index in [9.17, 15) is 0 Å². The molecule has 7 nitrogen and oxygen atoms in total. The molecule has 0 N–H and O–H groups in total. The molecule has 0 saturated carbocycles. The summed E-state index contributed by atoms with van der Waals surface area (Å²) in [6, 6.07) is 11.3. The van der Waals surface area contributed by atoms with Crippen LogP contribution in [0.2, 0.25) is 0 Å². The number of hydrogen-bond acceptors (Lipinski definition) is 7. The van der Waals surface area contributed by atoms with Crippen molar-refractivity contribution < 1.29 is 14.2 Å². The molecule has 2 saturated heterocycles. The Bertz CT molecular complexity index is 789. The van der Waals surface area contributed by atoms with E-state index in [2.05, 4.69) is 20.9 Å². The number of pyridine rings is 2. The molecule has 2 atom stereocenters. The number of ether oxygens (including phenoxy) is 3. The molecule has 0 amide bonds. The summed E-state index contributed by atoms with van der Waals surface area (Å²) in [5.41, 5.74) is 1.37. The largest absolute Gasteiger partial charge is 0.484 e. The number of rotatable bonds is 3.